The lowest BCUT2D eigenvalue weighted by Gasteiger charge is -2.15. The van der Waals surface area contributed by atoms with E-state index in [1.807, 2.05) is 12.1 Å². The Bertz CT molecular complexity index is 1300. The average molecular weight is 521 g/mol. The van der Waals surface area contributed by atoms with Crippen LogP contribution in [0, 0.1) is 0 Å². The van der Waals surface area contributed by atoms with Gasteiger partial charge in [-0.1, -0.05) is 35.9 Å². The number of hydrogen-bond acceptors (Lipinski definition) is 7. The molecule has 0 heterocycles. The van der Waals surface area contributed by atoms with Gasteiger partial charge in [0.05, 0.1) is 28.6 Å². The van der Waals surface area contributed by atoms with Crippen LogP contribution >= 0.6 is 11.6 Å². The van der Waals surface area contributed by atoms with E-state index in [0.717, 1.165) is 17.4 Å². The van der Waals surface area contributed by atoms with Gasteiger partial charge in [-0.25, -0.2) is 13.2 Å². The molecular formula is C24H25ClN2O7S. The minimum atomic E-state index is -3.57. The first-order chi connectivity index (χ1) is 16.5. The van der Waals surface area contributed by atoms with Crippen molar-refractivity contribution in [2.24, 2.45) is 0 Å². The Labute approximate surface area is 208 Å². The highest BCUT2D eigenvalue weighted by Gasteiger charge is 2.13. The Kier molecular flexibility index (Phi) is 8.57. The first kappa shape index (κ1) is 26.3. The van der Waals surface area contributed by atoms with Gasteiger partial charge in [-0.3, -0.25) is 4.72 Å². The number of phenolic OH excluding ortho intramolecular Hbond substituents is 1. The van der Waals surface area contributed by atoms with Gasteiger partial charge in [0.1, 0.15) is 18.1 Å². The maximum absolute atomic E-state index is 11.4. The SMILES string of the molecule is CS(=O)(=O)Nc1cc([C@H](O)CNCCOc2ccc(-c3ccc(C(=O)O)c(Cl)c3)cc2)ccc1O. The van der Waals surface area contributed by atoms with Crippen LogP contribution in [0.2, 0.25) is 5.02 Å². The molecule has 35 heavy (non-hydrogen) atoms. The average Bonchev–Trinajstić information content (AvgIpc) is 2.79. The first-order valence-corrected chi connectivity index (χ1v) is 12.8. The number of halogens is 1. The van der Waals surface area contributed by atoms with E-state index in [2.05, 4.69) is 10.0 Å². The van der Waals surface area contributed by atoms with Crippen molar-refractivity contribution in [3.05, 3.63) is 76.8 Å². The number of sulfonamides is 1. The van der Waals surface area contributed by atoms with Gasteiger partial charge in [0.25, 0.3) is 0 Å². The number of phenols is 1. The summed E-state index contributed by atoms with van der Waals surface area (Å²) in [6.45, 7) is 0.970. The number of nitrogens with one attached hydrogen (secondary N) is 2. The Morgan fingerprint density at radius 2 is 1.74 bits per heavy atom. The third-order valence-electron chi connectivity index (χ3n) is 4.97. The second-order valence-electron chi connectivity index (χ2n) is 7.74. The summed E-state index contributed by atoms with van der Waals surface area (Å²) in [6, 6.07) is 16.2. The number of rotatable bonds is 11. The lowest BCUT2D eigenvalue weighted by Crippen LogP contribution is -2.26. The van der Waals surface area contributed by atoms with Crippen LogP contribution in [0.4, 0.5) is 5.69 Å². The van der Waals surface area contributed by atoms with Gasteiger partial charge in [0.2, 0.25) is 10.0 Å². The number of hydrogen-bond donors (Lipinski definition) is 5. The zero-order valence-corrected chi connectivity index (χ0v) is 20.3. The first-order valence-electron chi connectivity index (χ1n) is 10.5. The molecule has 0 aliphatic rings. The van der Waals surface area contributed by atoms with E-state index >= 15 is 0 Å². The van der Waals surface area contributed by atoms with Gasteiger partial charge in [-0.2, -0.15) is 0 Å². The maximum atomic E-state index is 11.4. The normalized spacial score (nSPS) is 12.2. The molecule has 3 aromatic carbocycles. The molecule has 0 unspecified atom stereocenters. The van der Waals surface area contributed by atoms with Crippen LogP contribution in [0.25, 0.3) is 11.1 Å². The largest absolute Gasteiger partial charge is 0.506 e. The molecule has 186 valence electrons. The Morgan fingerprint density at radius 1 is 1.06 bits per heavy atom. The highest BCUT2D eigenvalue weighted by atomic mass is 35.5. The smallest absolute Gasteiger partial charge is 0.337 e. The van der Waals surface area contributed by atoms with Crippen molar-refractivity contribution >= 4 is 33.3 Å². The Hall–Kier alpha value is -3.31. The standard InChI is InChI=1S/C24H25ClN2O7S/c1-35(32,33)27-21-13-17(5-9-22(21)28)23(29)14-26-10-11-34-18-6-2-15(3-7-18)16-4-8-19(24(30)31)20(25)12-16/h2-9,12-13,23,26-29H,10-11,14H2,1H3,(H,30,31)/t23-/m1/s1. The molecule has 3 aromatic rings. The van der Waals surface area contributed by atoms with Crippen LogP contribution < -0.4 is 14.8 Å². The zero-order valence-electron chi connectivity index (χ0n) is 18.7. The second kappa shape index (κ2) is 11.4. The summed E-state index contributed by atoms with van der Waals surface area (Å²) in [7, 11) is -3.57. The van der Waals surface area contributed by atoms with Gasteiger partial charge in [0, 0.05) is 13.1 Å². The van der Waals surface area contributed by atoms with E-state index in [-0.39, 0.29) is 28.6 Å². The summed E-state index contributed by atoms with van der Waals surface area (Å²) in [6.07, 6.45) is 0.0491. The molecule has 0 bridgehead atoms. The summed E-state index contributed by atoms with van der Waals surface area (Å²) >= 11 is 6.04. The predicted molar refractivity (Wildman–Crippen MR) is 134 cm³/mol. The maximum Gasteiger partial charge on any atom is 0.337 e. The fourth-order valence-electron chi connectivity index (χ4n) is 3.25. The van der Waals surface area contributed by atoms with Crippen molar-refractivity contribution in [3.8, 4) is 22.6 Å². The van der Waals surface area contributed by atoms with Crippen LogP contribution in [0.1, 0.15) is 22.0 Å². The lowest BCUT2D eigenvalue weighted by atomic mass is 10.0. The minimum Gasteiger partial charge on any atom is -0.506 e. The molecule has 0 aliphatic heterocycles. The number of aromatic carboxylic acids is 1. The molecule has 0 amide bonds. The highest BCUT2D eigenvalue weighted by Crippen LogP contribution is 2.28. The number of benzene rings is 3. The fraction of sp³-hybridized carbons (Fsp3) is 0.208. The summed E-state index contributed by atoms with van der Waals surface area (Å²) in [5.41, 5.74) is 2.12. The highest BCUT2D eigenvalue weighted by molar-refractivity contribution is 7.92. The number of carboxylic acids is 1. The van der Waals surface area contributed by atoms with Gasteiger partial charge in [-0.05, 0) is 53.1 Å². The second-order valence-corrected chi connectivity index (χ2v) is 9.90. The number of anilines is 1. The van der Waals surface area contributed by atoms with Crippen molar-refractivity contribution in [2.75, 3.05) is 30.7 Å². The Morgan fingerprint density at radius 3 is 2.37 bits per heavy atom. The van der Waals surface area contributed by atoms with E-state index in [0.29, 0.717) is 24.5 Å². The molecular weight excluding hydrogens is 496 g/mol. The van der Waals surface area contributed by atoms with Gasteiger partial charge < -0.3 is 25.4 Å². The molecule has 3 rings (SSSR count). The van der Waals surface area contributed by atoms with Crippen molar-refractivity contribution in [3.63, 3.8) is 0 Å². The minimum absolute atomic E-state index is 0.00377. The van der Waals surface area contributed by atoms with Crippen molar-refractivity contribution < 1.29 is 33.3 Å². The predicted octanol–water partition coefficient (Wildman–Crippen LogP) is 3.48. The third-order valence-corrected chi connectivity index (χ3v) is 5.88. The molecule has 1 atom stereocenters. The monoisotopic (exact) mass is 520 g/mol. The number of aromatic hydroxyl groups is 1. The molecule has 0 aromatic heterocycles. The van der Waals surface area contributed by atoms with Gasteiger partial charge >= 0.3 is 5.97 Å². The van der Waals surface area contributed by atoms with E-state index in [1.54, 1.807) is 24.3 Å². The quantitative estimate of drug-likeness (QED) is 0.191. The third kappa shape index (κ3) is 7.59. The Balaban J connectivity index is 1.47. The summed E-state index contributed by atoms with van der Waals surface area (Å²) < 4.78 is 30.7. The van der Waals surface area contributed by atoms with Crippen LogP contribution in [0.3, 0.4) is 0 Å². The van der Waals surface area contributed by atoms with Crippen LogP contribution in [0.15, 0.2) is 60.7 Å². The van der Waals surface area contributed by atoms with Gasteiger partial charge in [-0.15, -0.1) is 0 Å². The summed E-state index contributed by atoms with van der Waals surface area (Å²) in [5.74, 6) is -0.679. The number of aliphatic hydroxyl groups excluding tert-OH is 1. The lowest BCUT2D eigenvalue weighted by molar-refractivity contribution is 0.0697. The van der Waals surface area contributed by atoms with Crippen molar-refractivity contribution in [1.29, 1.82) is 0 Å². The molecule has 0 aliphatic carbocycles. The zero-order chi connectivity index (χ0) is 25.6. The fourth-order valence-corrected chi connectivity index (χ4v) is 4.08. The number of carboxylic acid groups (broad SMARTS) is 1. The number of carbonyl (C=O) groups is 1. The molecule has 0 radical (unpaired) electrons. The van der Waals surface area contributed by atoms with Crippen LogP contribution in [-0.4, -0.2) is 55.7 Å². The van der Waals surface area contributed by atoms with Crippen molar-refractivity contribution in [1.82, 2.24) is 5.32 Å². The molecule has 0 saturated heterocycles. The molecule has 0 saturated carbocycles. The summed E-state index contributed by atoms with van der Waals surface area (Å²) in [4.78, 5) is 11.1. The number of aliphatic hydroxyl groups is 1. The van der Waals surface area contributed by atoms with Crippen molar-refractivity contribution in [2.45, 2.75) is 6.10 Å². The van der Waals surface area contributed by atoms with E-state index in [1.165, 1.54) is 24.3 Å². The van der Waals surface area contributed by atoms with Crippen LogP contribution in [0.5, 0.6) is 11.5 Å². The number of ether oxygens (including phenoxy) is 1. The van der Waals surface area contributed by atoms with Crippen LogP contribution in [-0.2, 0) is 10.0 Å². The molecule has 9 nitrogen and oxygen atoms in total. The topological polar surface area (TPSA) is 145 Å². The molecule has 0 fully saturated rings. The van der Waals surface area contributed by atoms with E-state index in [9.17, 15) is 23.4 Å². The van der Waals surface area contributed by atoms with Gasteiger partial charge in [0.15, 0.2) is 0 Å². The molecule has 11 heteroatoms. The van der Waals surface area contributed by atoms with E-state index < -0.39 is 22.1 Å². The van der Waals surface area contributed by atoms with E-state index in [4.69, 9.17) is 21.4 Å². The molecule has 0 spiro atoms. The molecule has 5 N–H and O–H groups in total. The summed E-state index contributed by atoms with van der Waals surface area (Å²) in [5, 5.41) is 32.4.